The zero-order valence-corrected chi connectivity index (χ0v) is 16.1. The normalized spacial score (nSPS) is 28.8. The molecule has 1 heterocycles. The maximum Gasteiger partial charge on any atom is 0.253 e. The van der Waals surface area contributed by atoms with Crippen molar-refractivity contribution in [1.82, 2.24) is 5.32 Å². The van der Waals surface area contributed by atoms with E-state index in [1.165, 1.54) is 0 Å². The summed E-state index contributed by atoms with van der Waals surface area (Å²) in [6, 6.07) is 3.92. The standard InChI is InChI=1S/C20H32N4O2/c1-13-4-6-14(7-5-13)23-19(25)15-10-16(21)17(22-3)11-18(15)24-9-8-20(2,26)12-24/h10-11,13-14,22,26H,4-9,12,21H2,1-3H3,(H,23,25)/t13-,14-,20?. The molecule has 144 valence electrons. The summed E-state index contributed by atoms with van der Waals surface area (Å²) in [7, 11) is 1.82. The van der Waals surface area contributed by atoms with Gasteiger partial charge in [-0.15, -0.1) is 0 Å². The molecule has 1 aliphatic carbocycles. The Morgan fingerprint density at radius 1 is 1.31 bits per heavy atom. The number of hydrogen-bond donors (Lipinski definition) is 4. The maximum atomic E-state index is 13.0. The van der Waals surface area contributed by atoms with Gasteiger partial charge in [-0.2, -0.15) is 0 Å². The summed E-state index contributed by atoms with van der Waals surface area (Å²) < 4.78 is 0. The fraction of sp³-hybridized carbons (Fsp3) is 0.650. The fourth-order valence-electron chi connectivity index (χ4n) is 4.08. The molecule has 1 aromatic carbocycles. The molecule has 2 fully saturated rings. The van der Waals surface area contributed by atoms with Gasteiger partial charge in [0.2, 0.25) is 0 Å². The second-order valence-corrected chi connectivity index (χ2v) is 8.31. The molecule has 1 saturated heterocycles. The average Bonchev–Trinajstić information content (AvgIpc) is 2.96. The number of rotatable bonds is 4. The zero-order valence-electron chi connectivity index (χ0n) is 16.1. The minimum absolute atomic E-state index is 0.0690. The number of nitrogen functional groups attached to an aromatic ring is 1. The number of carbonyl (C=O) groups excluding carboxylic acids is 1. The van der Waals surface area contributed by atoms with Gasteiger partial charge in [-0.25, -0.2) is 0 Å². The van der Waals surface area contributed by atoms with E-state index < -0.39 is 5.60 Å². The lowest BCUT2D eigenvalue weighted by atomic mass is 9.87. The Balaban J connectivity index is 1.85. The van der Waals surface area contributed by atoms with Crippen molar-refractivity contribution >= 4 is 23.0 Å². The van der Waals surface area contributed by atoms with E-state index in [0.29, 0.717) is 24.2 Å². The molecule has 1 aromatic rings. The van der Waals surface area contributed by atoms with Crippen LogP contribution in [0.5, 0.6) is 0 Å². The molecular weight excluding hydrogens is 328 g/mol. The summed E-state index contributed by atoms with van der Waals surface area (Å²) in [5, 5.41) is 16.6. The molecular formula is C20H32N4O2. The second-order valence-electron chi connectivity index (χ2n) is 8.31. The first kappa shape index (κ1) is 18.8. The topological polar surface area (TPSA) is 90.6 Å². The number of benzene rings is 1. The third kappa shape index (κ3) is 4.06. The van der Waals surface area contributed by atoms with Gasteiger partial charge in [0.25, 0.3) is 5.91 Å². The largest absolute Gasteiger partial charge is 0.397 e. The number of amides is 1. The molecule has 3 rings (SSSR count). The number of hydrogen-bond acceptors (Lipinski definition) is 5. The highest BCUT2D eigenvalue weighted by Crippen LogP contribution is 2.34. The molecule has 0 radical (unpaired) electrons. The Kier molecular flexibility index (Phi) is 5.32. The van der Waals surface area contributed by atoms with Crippen LogP contribution in [0.2, 0.25) is 0 Å². The molecule has 1 atom stereocenters. The Morgan fingerprint density at radius 2 is 2.00 bits per heavy atom. The summed E-state index contributed by atoms with van der Waals surface area (Å²) in [5.41, 5.74) is 8.20. The highest BCUT2D eigenvalue weighted by atomic mass is 16.3. The summed E-state index contributed by atoms with van der Waals surface area (Å²) in [4.78, 5) is 15.1. The number of nitrogens with zero attached hydrogens (tertiary/aromatic N) is 1. The Bertz CT molecular complexity index is 666. The van der Waals surface area contributed by atoms with Crippen molar-refractivity contribution in [2.24, 2.45) is 5.92 Å². The van der Waals surface area contributed by atoms with Crippen LogP contribution in [0.1, 0.15) is 56.3 Å². The molecule has 1 saturated carbocycles. The zero-order chi connectivity index (χ0) is 18.9. The number of aliphatic hydroxyl groups is 1. The van der Waals surface area contributed by atoms with Crippen LogP contribution in [0.4, 0.5) is 17.1 Å². The van der Waals surface area contributed by atoms with Crippen LogP contribution in [0.25, 0.3) is 0 Å². The van der Waals surface area contributed by atoms with Gasteiger partial charge < -0.3 is 26.4 Å². The van der Waals surface area contributed by atoms with E-state index in [1.807, 2.05) is 20.0 Å². The lowest BCUT2D eigenvalue weighted by Gasteiger charge is -2.28. The van der Waals surface area contributed by atoms with Gasteiger partial charge in [-0.05, 0) is 57.1 Å². The lowest BCUT2D eigenvalue weighted by Crippen LogP contribution is -2.38. The van der Waals surface area contributed by atoms with Gasteiger partial charge in [0.1, 0.15) is 0 Å². The van der Waals surface area contributed by atoms with Crippen LogP contribution in [-0.2, 0) is 0 Å². The van der Waals surface area contributed by atoms with Crippen LogP contribution >= 0.6 is 0 Å². The third-order valence-corrected chi connectivity index (χ3v) is 5.83. The first-order valence-corrected chi connectivity index (χ1v) is 9.68. The summed E-state index contributed by atoms with van der Waals surface area (Å²) in [6.07, 6.45) is 5.07. The monoisotopic (exact) mass is 360 g/mol. The maximum absolute atomic E-state index is 13.0. The molecule has 0 bridgehead atoms. The van der Waals surface area contributed by atoms with Crippen LogP contribution in [0.3, 0.4) is 0 Å². The highest BCUT2D eigenvalue weighted by Gasteiger charge is 2.33. The van der Waals surface area contributed by atoms with E-state index in [2.05, 4.69) is 22.5 Å². The van der Waals surface area contributed by atoms with Gasteiger partial charge in [0, 0.05) is 26.2 Å². The SMILES string of the molecule is CNc1cc(N2CCC(C)(O)C2)c(C(=O)N[C@H]2CC[C@H](C)CC2)cc1N. The van der Waals surface area contributed by atoms with E-state index in [1.54, 1.807) is 6.07 Å². The second kappa shape index (κ2) is 7.35. The van der Waals surface area contributed by atoms with E-state index >= 15 is 0 Å². The van der Waals surface area contributed by atoms with Crippen molar-refractivity contribution in [3.05, 3.63) is 17.7 Å². The van der Waals surface area contributed by atoms with Crippen molar-refractivity contribution in [2.45, 2.75) is 57.6 Å². The molecule has 1 aliphatic heterocycles. The number of carbonyl (C=O) groups is 1. The number of β-amino-alcohol motifs (C(OH)–C–C–N with tert-alkyl or cyclic N) is 1. The van der Waals surface area contributed by atoms with Gasteiger partial charge in [-0.1, -0.05) is 6.92 Å². The van der Waals surface area contributed by atoms with Crippen molar-refractivity contribution in [1.29, 1.82) is 0 Å². The Morgan fingerprint density at radius 3 is 2.58 bits per heavy atom. The van der Waals surface area contributed by atoms with E-state index in [9.17, 15) is 9.90 Å². The predicted molar refractivity (Wildman–Crippen MR) is 107 cm³/mol. The summed E-state index contributed by atoms with van der Waals surface area (Å²) >= 11 is 0. The highest BCUT2D eigenvalue weighted by molar-refractivity contribution is 6.02. The van der Waals surface area contributed by atoms with Crippen LogP contribution < -0.4 is 21.3 Å². The molecule has 5 N–H and O–H groups in total. The quantitative estimate of drug-likeness (QED) is 0.620. The van der Waals surface area contributed by atoms with Crippen LogP contribution in [0.15, 0.2) is 12.1 Å². The van der Waals surface area contributed by atoms with Gasteiger partial charge in [-0.3, -0.25) is 4.79 Å². The smallest absolute Gasteiger partial charge is 0.253 e. The van der Waals surface area contributed by atoms with Gasteiger partial charge >= 0.3 is 0 Å². The van der Waals surface area contributed by atoms with Crippen molar-refractivity contribution in [3.63, 3.8) is 0 Å². The molecule has 26 heavy (non-hydrogen) atoms. The van der Waals surface area contributed by atoms with Crippen LogP contribution in [-0.4, -0.2) is 42.8 Å². The predicted octanol–water partition coefficient (Wildman–Crippen LogP) is 2.58. The van der Waals surface area contributed by atoms with Crippen LogP contribution in [0, 0.1) is 5.92 Å². The minimum atomic E-state index is -0.728. The first-order valence-electron chi connectivity index (χ1n) is 9.68. The van der Waals surface area contributed by atoms with Crippen molar-refractivity contribution in [3.8, 4) is 0 Å². The van der Waals surface area contributed by atoms with E-state index in [-0.39, 0.29) is 11.9 Å². The molecule has 1 amide bonds. The average molecular weight is 361 g/mol. The lowest BCUT2D eigenvalue weighted by molar-refractivity contribution is 0.0837. The Labute approximate surface area is 156 Å². The summed E-state index contributed by atoms with van der Waals surface area (Å²) in [6.45, 7) is 5.35. The van der Waals surface area contributed by atoms with Gasteiger partial charge in [0.15, 0.2) is 0 Å². The molecule has 2 aliphatic rings. The molecule has 0 spiro atoms. The summed E-state index contributed by atoms with van der Waals surface area (Å²) in [5.74, 6) is 0.677. The van der Waals surface area contributed by atoms with Crippen molar-refractivity contribution in [2.75, 3.05) is 36.1 Å². The van der Waals surface area contributed by atoms with Crippen molar-refractivity contribution < 1.29 is 9.90 Å². The van der Waals surface area contributed by atoms with E-state index in [0.717, 1.165) is 49.5 Å². The molecule has 6 heteroatoms. The van der Waals surface area contributed by atoms with Gasteiger partial charge in [0.05, 0.1) is 28.2 Å². The molecule has 1 unspecified atom stereocenters. The fourth-order valence-corrected chi connectivity index (χ4v) is 4.08. The first-order chi connectivity index (χ1) is 12.3. The minimum Gasteiger partial charge on any atom is -0.397 e. The third-order valence-electron chi connectivity index (χ3n) is 5.83. The molecule has 6 nitrogen and oxygen atoms in total. The molecule has 0 aromatic heterocycles. The number of anilines is 3. The Hall–Kier alpha value is -1.95. The van der Waals surface area contributed by atoms with E-state index in [4.69, 9.17) is 5.73 Å². The number of nitrogens with one attached hydrogen (secondary N) is 2. The number of nitrogens with two attached hydrogens (primary N) is 1.